The molecule has 2 aromatic carbocycles. The van der Waals surface area contributed by atoms with Gasteiger partial charge in [-0.2, -0.15) is 0 Å². The SMILES string of the molecule is Cc1ccc(Cl)c(NC(=O)C[NH+]2CCC(C(=O)Nc3ccccc3)CC2)c1Cl. The highest BCUT2D eigenvalue weighted by molar-refractivity contribution is 6.40. The molecule has 5 nitrogen and oxygen atoms in total. The molecule has 148 valence electrons. The van der Waals surface area contributed by atoms with Crippen LogP contribution in [0, 0.1) is 12.8 Å². The van der Waals surface area contributed by atoms with E-state index >= 15 is 0 Å². The summed E-state index contributed by atoms with van der Waals surface area (Å²) in [5.41, 5.74) is 2.14. The molecule has 2 aromatic rings. The molecule has 2 amide bonds. The number of carbonyl (C=O) groups excluding carboxylic acids is 2. The number of carbonyl (C=O) groups is 2. The molecule has 28 heavy (non-hydrogen) atoms. The van der Waals surface area contributed by atoms with Gasteiger partial charge in [-0.1, -0.05) is 47.5 Å². The van der Waals surface area contributed by atoms with Crippen LogP contribution >= 0.6 is 23.2 Å². The van der Waals surface area contributed by atoms with E-state index in [1.165, 1.54) is 0 Å². The van der Waals surface area contributed by atoms with E-state index in [0.717, 1.165) is 42.1 Å². The molecule has 0 atom stereocenters. The summed E-state index contributed by atoms with van der Waals surface area (Å²) in [6.45, 7) is 3.74. The van der Waals surface area contributed by atoms with Crippen molar-refractivity contribution in [2.24, 2.45) is 5.92 Å². The summed E-state index contributed by atoms with van der Waals surface area (Å²) in [5, 5.41) is 6.68. The average molecular weight is 421 g/mol. The molecule has 0 aliphatic carbocycles. The van der Waals surface area contributed by atoms with Crippen molar-refractivity contribution < 1.29 is 14.5 Å². The third-order valence-electron chi connectivity index (χ3n) is 5.06. The van der Waals surface area contributed by atoms with Crippen molar-refractivity contribution in [2.45, 2.75) is 19.8 Å². The fourth-order valence-electron chi connectivity index (χ4n) is 3.41. The Kier molecular flexibility index (Phi) is 6.94. The molecule has 3 N–H and O–H groups in total. The van der Waals surface area contributed by atoms with Gasteiger partial charge in [0.25, 0.3) is 5.91 Å². The number of hydrogen-bond donors (Lipinski definition) is 3. The molecule has 1 aliphatic heterocycles. The Balaban J connectivity index is 1.48. The van der Waals surface area contributed by atoms with Crippen molar-refractivity contribution in [3.05, 3.63) is 58.1 Å². The van der Waals surface area contributed by atoms with Crippen LogP contribution in [0.1, 0.15) is 18.4 Å². The van der Waals surface area contributed by atoms with Crippen molar-refractivity contribution in [1.29, 1.82) is 0 Å². The summed E-state index contributed by atoms with van der Waals surface area (Å²) in [7, 11) is 0. The maximum atomic E-state index is 12.4. The molecule has 7 heteroatoms. The molecule has 3 rings (SSSR count). The summed E-state index contributed by atoms with van der Waals surface area (Å²) in [6.07, 6.45) is 1.51. The molecule has 0 saturated carbocycles. The second kappa shape index (κ2) is 9.41. The van der Waals surface area contributed by atoms with E-state index in [2.05, 4.69) is 10.6 Å². The van der Waals surface area contributed by atoms with Crippen LogP contribution in [0.15, 0.2) is 42.5 Å². The van der Waals surface area contributed by atoms with Gasteiger partial charge in [0.2, 0.25) is 5.91 Å². The van der Waals surface area contributed by atoms with Gasteiger partial charge in [-0.3, -0.25) is 9.59 Å². The quantitative estimate of drug-likeness (QED) is 0.695. The number of piperidine rings is 1. The normalized spacial score (nSPS) is 19.1. The minimum atomic E-state index is -0.128. The predicted molar refractivity (Wildman–Crippen MR) is 113 cm³/mol. The molecule has 0 unspecified atom stereocenters. The smallest absolute Gasteiger partial charge is 0.279 e. The van der Waals surface area contributed by atoms with E-state index in [1.54, 1.807) is 6.07 Å². The zero-order valence-corrected chi connectivity index (χ0v) is 17.2. The minimum absolute atomic E-state index is 0.0207. The van der Waals surface area contributed by atoms with Crippen LogP contribution in [-0.4, -0.2) is 31.4 Å². The lowest BCUT2D eigenvalue weighted by Crippen LogP contribution is -3.14. The van der Waals surface area contributed by atoms with Crippen LogP contribution in [0.5, 0.6) is 0 Å². The highest BCUT2D eigenvalue weighted by Crippen LogP contribution is 2.32. The maximum Gasteiger partial charge on any atom is 0.279 e. The first-order valence-electron chi connectivity index (χ1n) is 9.38. The largest absolute Gasteiger partial charge is 0.327 e. The van der Waals surface area contributed by atoms with Gasteiger partial charge in [0.1, 0.15) is 0 Å². The number of quaternary nitrogens is 1. The van der Waals surface area contributed by atoms with Crippen molar-refractivity contribution in [3.63, 3.8) is 0 Å². The number of hydrogen-bond acceptors (Lipinski definition) is 2. The Morgan fingerprint density at radius 3 is 2.39 bits per heavy atom. The first-order valence-corrected chi connectivity index (χ1v) is 10.1. The van der Waals surface area contributed by atoms with Gasteiger partial charge in [-0.25, -0.2) is 0 Å². The van der Waals surface area contributed by atoms with Gasteiger partial charge in [0.15, 0.2) is 6.54 Å². The average Bonchev–Trinajstić information content (AvgIpc) is 2.69. The van der Waals surface area contributed by atoms with E-state index in [1.807, 2.05) is 43.3 Å². The lowest BCUT2D eigenvalue weighted by atomic mass is 9.96. The molecule has 0 radical (unpaired) electrons. The van der Waals surface area contributed by atoms with E-state index in [4.69, 9.17) is 23.2 Å². The van der Waals surface area contributed by atoms with Crippen LogP contribution in [0.2, 0.25) is 10.0 Å². The number of benzene rings is 2. The topological polar surface area (TPSA) is 62.6 Å². The Labute approximate surface area is 175 Å². The summed E-state index contributed by atoms with van der Waals surface area (Å²) in [4.78, 5) is 26.0. The van der Waals surface area contributed by atoms with Crippen molar-refractivity contribution in [3.8, 4) is 0 Å². The Bertz CT molecular complexity index is 850. The van der Waals surface area contributed by atoms with Gasteiger partial charge in [0.05, 0.1) is 28.8 Å². The Morgan fingerprint density at radius 1 is 1.04 bits per heavy atom. The fourth-order valence-corrected chi connectivity index (χ4v) is 3.88. The van der Waals surface area contributed by atoms with Gasteiger partial charge in [-0.15, -0.1) is 0 Å². The third kappa shape index (κ3) is 5.25. The second-order valence-electron chi connectivity index (χ2n) is 7.16. The number of halogens is 2. The number of nitrogens with one attached hydrogen (secondary N) is 3. The van der Waals surface area contributed by atoms with Gasteiger partial charge >= 0.3 is 0 Å². The van der Waals surface area contributed by atoms with E-state index in [-0.39, 0.29) is 17.7 Å². The lowest BCUT2D eigenvalue weighted by Gasteiger charge is -2.28. The van der Waals surface area contributed by atoms with Crippen molar-refractivity contribution in [2.75, 3.05) is 30.3 Å². The minimum Gasteiger partial charge on any atom is -0.327 e. The first kappa shape index (κ1) is 20.6. The van der Waals surface area contributed by atoms with Crippen LogP contribution in [0.4, 0.5) is 11.4 Å². The van der Waals surface area contributed by atoms with Crippen molar-refractivity contribution in [1.82, 2.24) is 0 Å². The number of aryl methyl sites for hydroxylation is 1. The second-order valence-corrected chi connectivity index (χ2v) is 7.94. The van der Waals surface area contributed by atoms with Crippen LogP contribution < -0.4 is 15.5 Å². The fraction of sp³-hybridized carbons (Fsp3) is 0.333. The maximum absolute atomic E-state index is 12.4. The highest BCUT2D eigenvalue weighted by atomic mass is 35.5. The molecule has 1 heterocycles. The molecular formula is C21H24Cl2N3O2+. The van der Waals surface area contributed by atoms with Crippen molar-refractivity contribution >= 4 is 46.4 Å². The molecule has 0 aromatic heterocycles. The van der Waals surface area contributed by atoms with Gasteiger partial charge < -0.3 is 15.5 Å². The van der Waals surface area contributed by atoms with Crippen LogP contribution in [-0.2, 0) is 9.59 Å². The van der Waals surface area contributed by atoms with E-state index in [9.17, 15) is 9.59 Å². The molecule has 1 fully saturated rings. The number of anilines is 2. The Morgan fingerprint density at radius 2 is 1.71 bits per heavy atom. The molecule has 1 saturated heterocycles. The Hall–Kier alpha value is -2.08. The zero-order valence-electron chi connectivity index (χ0n) is 15.7. The molecule has 1 aliphatic rings. The summed E-state index contributed by atoms with van der Waals surface area (Å²) in [5.74, 6) is -0.0997. The number of para-hydroxylation sites is 1. The van der Waals surface area contributed by atoms with Gasteiger partial charge in [0, 0.05) is 24.4 Å². The summed E-state index contributed by atoms with van der Waals surface area (Å²) in [6, 6.07) is 13.0. The summed E-state index contributed by atoms with van der Waals surface area (Å²) < 4.78 is 0. The van der Waals surface area contributed by atoms with Crippen LogP contribution in [0.3, 0.4) is 0 Å². The first-order chi connectivity index (χ1) is 13.4. The highest BCUT2D eigenvalue weighted by Gasteiger charge is 2.28. The number of likely N-dealkylation sites (tertiary alicyclic amines) is 1. The number of rotatable bonds is 5. The van der Waals surface area contributed by atoms with E-state index < -0.39 is 0 Å². The lowest BCUT2D eigenvalue weighted by molar-refractivity contribution is -0.897. The van der Waals surface area contributed by atoms with Gasteiger partial charge in [-0.05, 0) is 30.7 Å². The molecule has 0 bridgehead atoms. The number of amides is 2. The zero-order chi connectivity index (χ0) is 20.1. The summed E-state index contributed by atoms with van der Waals surface area (Å²) >= 11 is 12.4. The third-order valence-corrected chi connectivity index (χ3v) is 5.87. The monoisotopic (exact) mass is 420 g/mol. The van der Waals surface area contributed by atoms with E-state index in [0.29, 0.717) is 22.3 Å². The van der Waals surface area contributed by atoms with Crippen LogP contribution in [0.25, 0.3) is 0 Å². The standard InChI is InChI=1S/C21H23Cl2N3O2/c1-14-7-8-17(22)20(19(14)23)25-18(27)13-26-11-9-15(10-12-26)21(28)24-16-5-3-2-4-6-16/h2-8,15H,9-13H2,1H3,(H,24,28)(H,25,27)/p+1. The molecule has 0 spiro atoms. The predicted octanol–water partition coefficient (Wildman–Crippen LogP) is 3.17. The molecular weight excluding hydrogens is 397 g/mol.